The minimum atomic E-state index is -0.856. The van der Waals surface area contributed by atoms with Crippen molar-refractivity contribution in [3.8, 4) is 6.07 Å². The number of anilines is 1. The summed E-state index contributed by atoms with van der Waals surface area (Å²) in [4.78, 5) is 21.4. The van der Waals surface area contributed by atoms with Gasteiger partial charge in [0, 0.05) is 25.4 Å². The highest BCUT2D eigenvalue weighted by Crippen LogP contribution is 2.56. The average molecular weight is 447 g/mol. The number of halogens is 2. The number of nitrogens with zero attached hydrogens (tertiary/aromatic N) is 4. The van der Waals surface area contributed by atoms with Gasteiger partial charge in [0.05, 0.1) is 27.3 Å². The molecule has 28 heavy (non-hydrogen) atoms. The molecule has 2 saturated carbocycles. The Balaban J connectivity index is 1.42. The number of carbonyl (C=O) groups is 1. The molecule has 1 saturated heterocycles. The number of nitriles is 1. The molecule has 4 aliphatic rings. The number of hydrogen-bond donors (Lipinski definition) is 0. The summed E-state index contributed by atoms with van der Waals surface area (Å²) in [5, 5.41) is 10.0. The Kier molecular flexibility index (Phi) is 3.81. The second kappa shape index (κ2) is 5.76. The summed E-state index contributed by atoms with van der Waals surface area (Å²) in [5.74, 6) is -0.647. The Morgan fingerprint density at radius 2 is 2.04 bits per heavy atom. The van der Waals surface area contributed by atoms with Crippen LogP contribution >= 0.6 is 15.9 Å². The Morgan fingerprint density at radius 3 is 2.68 bits per heavy atom. The number of carbonyl (C=O) groups excluding carboxylic acids is 1. The molecule has 0 aromatic carbocycles. The highest BCUT2D eigenvalue weighted by molar-refractivity contribution is 9.10. The fourth-order valence-corrected chi connectivity index (χ4v) is 5.76. The van der Waals surface area contributed by atoms with Gasteiger partial charge in [0.2, 0.25) is 11.9 Å². The third kappa shape index (κ3) is 2.43. The van der Waals surface area contributed by atoms with Crippen LogP contribution in [0.5, 0.6) is 0 Å². The van der Waals surface area contributed by atoms with E-state index in [-0.39, 0.29) is 16.4 Å². The molecule has 5 rings (SSSR count). The van der Waals surface area contributed by atoms with E-state index in [1.54, 1.807) is 24.8 Å². The lowest BCUT2D eigenvalue weighted by Gasteiger charge is -2.54. The molecule has 0 atom stereocenters. The van der Waals surface area contributed by atoms with Gasteiger partial charge in [0.1, 0.15) is 5.54 Å². The zero-order valence-corrected chi connectivity index (χ0v) is 17.9. The molecule has 5 nitrogen and oxygen atoms in total. The van der Waals surface area contributed by atoms with E-state index in [4.69, 9.17) is 0 Å². The van der Waals surface area contributed by atoms with Crippen LogP contribution in [0.4, 0.5) is 10.1 Å². The van der Waals surface area contributed by atoms with E-state index in [1.807, 2.05) is 0 Å². The van der Waals surface area contributed by atoms with Gasteiger partial charge in [-0.2, -0.15) is 9.65 Å². The molecule has 1 amide bonds. The Labute approximate surface area is 173 Å². The van der Waals surface area contributed by atoms with Gasteiger partial charge in [-0.3, -0.25) is 9.69 Å². The van der Waals surface area contributed by atoms with Gasteiger partial charge in [-0.25, -0.2) is 4.98 Å². The van der Waals surface area contributed by atoms with Gasteiger partial charge >= 0.3 is 0 Å². The predicted octanol–water partition coefficient (Wildman–Crippen LogP) is 3.91. The predicted molar refractivity (Wildman–Crippen MR) is 106 cm³/mol. The lowest BCUT2D eigenvalue weighted by molar-refractivity contribution is -0.123. The van der Waals surface area contributed by atoms with E-state index in [0.29, 0.717) is 29.6 Å². The molecular weight excluding hydrogens is 423 g/mol. The molecule has 1 aromatic rings. The van der Waals surface area contributed by atoms with Crippen LogP contribution in [0.25, 0.3) is 0 Å². The van der Waals surface area contributed by atoms with E-state index in [0.717, 1.165) is 19.5 Å². The molecule has 3 heterocycles. The summed E-state index contributed by atoms with van der Waals surface area (Å²) < 4.78 is 14.3. The van der Waals surface area contributed by atoms with E-state index in [1.165, 1.54) is 19.3 Å². The zero-order valence-electron chi connectivity index (χ0n) is 16.3. The summed E-state index contributed by atoms with van der Waals surface area (Å²) >= 11 is 3.20. The molecular formula is C21H24BrFN4O. The largest absolute Gasteiger partial charge is 0.306 e. The Bertz CT molecular complexity index is 914. The first-order chi connectivity index (χ1) is 13.2. The van der Waals surface area contributed by atoms with Gasteiger partial charge in [0.25, 0.3) is 0 Å². The number of pyridine rings is 1. The van der Waals surface area contributed by atoms with Crippen molar-refractivity contribution in [2.45, 2.75) is 69.4 Å². The van der Waals surface area contributed by atoms with Crippen LogP contribution in [0.15, 0.2) is 10.5 Å². The molecule has 3 fully saturated rings. The second-order valence-corrected chi connectivity index (χ2v) is 10.5. The van der Waals surface area contributed by atoms with Crippen LogP contribution in [-0.2, 0) is 10.2 Å². The molecule has 148 valence electrons. The first kappa shape index (κ1) is 18.5. The molecule has 0 unspecified atom stereocenters. The average Bonchev–Trinajstić information content (AvgIpc) is 3.34. The minimum Gasteiger partial charge on any atom is -0.306 e. The topological polar surface area (TPSA) is 60.2 Å². The normalized spacial score (nSPS) is 32.8. The smallest absolute Gasteiger partial charge is 0.239 e. The van der Waals surface area contributed by atoms with Gasteiger partial charge in [-0.05, 0) is 73.5 Å². The van der Waals surface area contributed by atoms with E-state index >= 15 is 0 Å². The van der Waals surface area contributed by atoms with Crippen molar-refractivity contribution in [2.75, 3.05) is 18.0 Å². The van der Waals surface area contributed by atoms with Gasteiger partial charge in [0.15, 0.2) is 0 Å². The fraction of sp³-hybridized carbons (Fsp3) is 0.667. The monoisotopic (exact) mass is 446 g/mol. The number of fused-ring (bicyclic) bond motifs is 1. The van der Waals surface area contributed by atoms with Crippen molar-refractivity contribution in [1.82, 2.24) is 9.88 Å². The Hall–Kier alpha value is -1.52. The molecule has 2 aliphatic heterocycles. The van der Waals surface area contributed by atoms with Crippen LogP contribution in [-0.4, -0.2) is 40.5 Å². The summed E-state index contributed by atoms with van der Waals surface area (Å²) in [7, 11) is 0. The van der Waals surface area contributed by atoms with Crippen LogP contribution < -0.4 is 4.90 Å². The van der Waals surface area contributed by atoms with Crippen molar-refractivity contribution >= 4 is 27.5 Å². The quantitative estimate of drug-likeness (QED) is 0.646. The number of rotatable bonds is 2. The first-order valence-electron chi connectivity index (χ1n) is 10.1. The summed E-state index contributed by atoms with van der Waals surface area (Å²) in [6, 6.07) is 4.21. The van der Waals surface area contributed by atoms with Crippen LogP contribution in [0, 0.1) is 22.7 Å². The lowest BCUT2D eigenvalue weighted by Crippen LogP contribution is -2.65. The number of piperidine rings is 1. The molecule has 0 radical (unpaired) electrons. The molecule has 1 aromatic heterocycles. The number of aromatic nitrogens is 1. The van der Waals surface area contributed by atoms with E-state index in [2.05, 4.69) is 31.9 Å². The Morgan fingerprint density at radius 1 is 1.32 bits per heavy atom. The van der Waals surface area contributed by atoms with Crippen molar-refractivity contribution in [3.05, 3.63) is 22.2 Å². The molecule has 0 bridgehead atoms. The number of amides is 1. The number of hydrogen-bond acceptors (Lipinski definition) is 4. The van der Waals surface area contributed by atoms with Crippen LogP contribution in [0.1, 0.15) is 58.1 Å². The van der Waals surface area contributed by atoms with Gasteiger partial charge in [-0.1, -0.05) is 0 Å². The summed E-state index contributed by atoms with van der Waals surface area (Å²) in [5.41, 5.74) is 0.292. The van der Waals surface area contributed by atoms with E-state index in [9.17, 15) is 14.4 Å². The minimum absolute atomic E-state index is 0.0380. The first-order valence-corrected chi connectivity index (χ1v) is 10.9. The lowest BCUT2D eigenvalue weighted by atomic mass is 9.70. The van der Waals surface area contributed by atoms with Crippen molar-refractivity contribution in [1.29, 1.82) is 5.26 Å². The zero-order chi connectivity index (χ0) is 19.9. The van der Waals surface area contributed by atoms with Crippen molar-refractivity contribution in [2.24, 2.45) is 5.41 Å². The maximum absolute atomic E-state index is 14.0. The summed E-state index contributed by atoms with van der Waals surface area (Å²) in [6.07, 6.45) is 6.30. The van der Waals surface area contributed by atoms with E-state index < -0.39 is 16.9 Å². The van der Waals surface area contributed by atoms with Crippen LogP contribution in [0.2, 0.25) is 0 Å². The summed E-state index contributed by atoms with van der Waals surface area (Å²) in [6.45, 7) is 5.58. The highest BCUT2D eigenvalue weighted by Gasteiger charge is 2.59. The van der Waals surface area contributed by atoms with Crippen molar-refractivity contribution in [3.63, 3.8) is 0 Å². The highest BCUT2D eigenvalue weighted by atomic mass is 79.9. The third-order valence-electron chi connectivity index (χ3n) is 7.46. The maximum Gasteiger partial charge on any atom is 0.239 e. The fourth-order valence-electron chi connectivity index (χ4n) is 5.46. The van der Waals surface area contributed by atoms with Gasteiger partial charge in [-0.15, -0.1) is 0 Å². The standard InChI is InChI=1S/C21H24BrFN4O/c1-19(2)16-15(8-14(22)17(23)25-16)27(18(19)28)13-9-21(10-13,11-24)26-7-3-4-20(12-26)5-6-20/h8,13H,3-7,9-10,12H2,1-2H3/t13-,21+. The molecule has 1 spiro atoms. The third-order valence-corrected chi connectivity index (χ3v) is 8.02. The maximum atomic E-state index is 14.0. The second-order valence-electron chi connectivity index (χ2n) is 9.66. The molecule has 2 aliphatic carbocycles. The molecule has 0 N–H and O–H groups in total. The van der Waals surface area contributed by atoms with Gasteiger partial charge < -0.3 is 4.90 Å². The molecule has 7 heteroatoms. The SMILES string of the molecule is CC1(C)C(=O)N([C@H]2C[C@@](C#N)(N3CCCC4(CC4)C3)C2)c2cc(Br)c(F)nc21. The van der Waals surface area contributed by atoms with Crippen LogP contribution in [0.3, 0.4) is 0 Å². The van der Waals surface area contributed by atoms with Crippen molar-refractivity contribution < 1.29 is 9.18 Å². The number of likely N-dealkylation sites (tertiary alicyclic amines) is 1.